The molecule has 0 aliphatic carbocycles. The molecule has 0 fully saturated rings. The highest BCUT2D eigenvalue weighted by molar-refractivity contribution is 5.87. The normalized spacial score (nSPS) is 15.4. The maximum absolute atomic E-state index is 12.1. The van der Waals surface area contributed by atoms with Crippen LogP contribution in [0.2, 0.25) is 0 Å². The molecule has 4 amide bonds. The molecular formula is C13H23N7O6. The largest absolute Gasteiger partial charge is 0.394 e. The van der Waals surface area contributed by atoms with Crippen LogP contribution < -0.4 is 27.4 Å². The number of nitrogens with two attached hydrogens (primary N) is 2. The number of aromatic nitrogens is 2. The molecule has 26 heavy (non-hydrogen) atoms. The van der Waals surface area contributed by atoms with Gasteiger partial charge in [-0.05, 0) is 6.92 Å². The van der Waals surface area contributed by atoms with Crippen LogP contribution in [-0.4, -0.2) is 64.0 Å². The number of hydrogen-bond donors (Lipinski definition) is 7. The number of carbonyl (C=O) groups is 3. The number of hydrogen-bond acceptors (Lipinski definition) is 9. The molecule has 1 aromatic heterocycles. The number of likely N-dealkylation sites (N-methyl/N-ethyl adjacent to an activating group) is 1. The van der Waals surface area contributed by atoms with E-state index in [2.05, 4.69) is 26.1 Å². The van der Waals surface area contributed by atoms with Gasteiger partial charge in [0.15, 0.2) is 5.82 Å². The zero-order chi connectivity index (χ0) is 19.9. The number of urea groups is 1. The highest BCUT2D eigenvalue weighted by Gasteiger charge is 2.28. The van der Waals surface area contributed by atoms with E-state index >= 15 is 0 Å². The summed E-state index contributed by atoms with van der Waals surface area (Å²) < 4.78 is 4.94. The average molecular weight is 373 g/mol. The van der Waals surface area contributed by atoms with Gasteiger partial charge in [0.2, 0.25) is 17.7 Å². The van der Waals surface area contributed by atoms with Gasteiger partial charge in [0.25, 0.3) is 0 Å². The molecule has 0 bridgehead atoms. The second-order valence-corrected chi connectivity index (χ2v) is 5.45. The predicted molar refractivity (Wildman–Crippen MR) is 86.1 cm³/mol. The van der Waals surface area contributed by atoms with Crippen LogP contribution in [0.1, 0.15) is 37.1 Å². The Labute approximate surface area is 148 Å². The van der Waals surface area contributed by atoms with Crippen LogP contribution in [0.5, 0.6) is 0 Å². The molecule has 1 heterocycles. The van der Waals surface area contributed by atoms with Crippen LogP contribution in [0.15, 0.2) is 4.52 Å². The topological polar surface area (TPSA) is 219 Å². The Kier molecular flexibility index (Phi) is 7.89. The summed E-state index contributed by atoms with van der Waals surface area (Å²) in [7, 11) is 1.34. The van der Waals surface area contributed by atoms with Gasteiger partial charge in [0, 0.05) is 7.05 Å². The lowest BCUT2D eigenvalue weighted by Crippen LogP contribution is -2.54. The van der Waals surface area contributed by atoms with Gasteiger partial charge in [-0.2, -0.15) is 4.98 Å². The second kappa shape index (κ2) is 9.65. The van der Waals surface area contributed by atoms with E-state index < -0.39 is 48.7 Å². The SMILES string of the molecule is CNC(=O)C(NC(=O)NC(CC(N)=O)c1nc(C(N)CO)no1)C(C)O. The van der Waals surface area contributed by atoms with Crippen molar-refractivity contribution in [2.45, 2.75) is 37.6 Å². The van der Waals surface area contributed by atoms with Crippen molar-refractivity contribution in [3.63, 3.8) is 0 Å². The number of carbonyl (C=O) groups excluding carboxylic acids is 3. The van der Waals surface area contributed by atoms with E-state index in [0.717, 1.165) is 0 Å². The van der Waals surface area contributed by atoms with Gasteiger partial charge in [-0.1, -0.05) is 5.16 Å². The minimum atomic E-state index is -1.23. The minimum absolute atomic E-state index is 0.0219. The molecule has 1 aromatic rings. The number of primary amides is 1. The maximum atomic E-state index is 12.1. The number of nitrogens with zero attached hydrogens (tertiary/aromatic N) is 2. The second-order valence-electron chi connectivity index (χ2n) is 5.45. The van der Waals surface area contributed by atoms with E-state index in [4.69, 9.17) is 21.1 Å². The molecule has 0 aliphatic heterocycles. The van der Waals surface area contributed by atoms with Crippen LogP contribution >= 0.6 is 0 Å². The molecule has 9 N–H and O–H groups in total. The van der Waals surface area contributed by atoms with Crippen molar-refractivity contribution in [2.24, 2.45) is 11.5 Å². The van der Waals surface area contributed by atoms with Crippen molar-refractivity contribution >= 4 is 17.8 Å². The molecule has 0 radical (unpaired) electrons. The van der Waals surface area contributed by atoms with E-state index in [-0.39, 0.29) is 18.1 Å². The zero-order valence-corrected chi connectivity index (χ0v) is 14.3. The molecule has 146 valence electrons. The average Bonchev–Trinajstić information content (AvgIpc) is 3.07. The third-order valence-electron chi connectivity index (χ3n) is 3.29. The van der Waals surface area contributed by atoms with Crippen molar-refractivity contribution in [1.29, 1.82) is 0 Å². The summed E-state index contributed by atoms with van der Waals surface area (Å²) in [5.74, 6) is -1.56. The molecule has 0 spiro atoms. The Morgan fingerprint density at radius 1 is 1.31 bits per heavy atom. The summed E-state index contributed by atoms with van der Waals surface area (Å²) in [5, 5.41) is 29.1. The Morgan fingerprint density at radius 3 is 2.46 bits per heavy atom. The van der Waals surface area contributed by atoms with Crippen LogP contribution in [0.4, 0.5) is 4.79 Å². The standard InChI is InChI=1S/C13H23N7O6/c1-5(22)9(11(24)16-2)18-13(25)17-7(3-8(15)23)12-19-10(20-26-12)6(14)4-21/h5-7,9,21-22H,3-4,14H2,1-2H3,(H2,15,23)(H,16,24)(H2,17,18,25). The zero-order valence-electron chi connectivity index (χ0n) is 14.3. The first-order valence-corrected chi connectivity index (χ1v) is 7.64. The van der Waals surface area contributed by atoms with Crippen molar-refractivity contribution < 1.29 is 29.1 Å². The fourth-order valence-electron chi connectivity index (χ4n) is 1.92. The maximum Gasteiger partial charge on any atom is 0.316 e. The van der Waals surface area contributed by atoms with Gasteiger partial charge >= 0.3 is 6.03 Å². The van der Waals surface area contributed by atoms with E-state index in [1.54, 1.807) is 0 Å². The van der Waals surface area contributed by atoms with Gasteiger partial charge in [0.05, 0.1) is 25.2 Å². The molecule has 13 nitrogen and oxygen atoms in total. The third-order valence-corrected chi connectivity index (χ3v) is 3.29. The number of aliphatic hydroxyl groups excluding tert-OH is 2. The van der Waals surface area contributed by atoms with E-state index in [1.807, 2.05) is 0 Å². The lowest BCUT2D eigenvalue weighted by Gasteiger charge is -2.21. The first-order chi connectivity index (χ1) is 12.2. The summed E-state index contributed by atoms with van der Waals surface area (Å²) in [6, 6.07) is -4.10. The molecule has 0 aromatic carbocycles. The number of nitrogens with one attached hydrogen (secondary N) is 3. The quantitative estimate of drug-likeness (QED) is 0.231. The van der Waals surface area contributed by atoms with Gasteiger partial charge < -0.3 is 42.2 Å². The Morgan fingerprint density at radius 2 is 1.96 bits per heavy atom. The predicted octanol–water partition coefficient (Wildman–Crippen LogP) is -3.23. The first-order valence-electron chi connectivity index (χ1n) is 7.64. The summed E-state index contributed by atoms with van der Waals surface area (Å²) in [5.41, 5.74) is 10.7. The van der Waals surface area contributed by atoms with E-state index in [0.29, 0.717) is 0 Å². The number of rotatable bonds is 9. The Bertz CT molecular complexity index is 634. The molecule has 1 rings (SSSR count). The molecule has 13 heteroatoms. The van der Waals surface area contributed by atoms with Crippen LogP contribution in [0.25, 0.3) is 0 Å². The van der Waals surface area contributed by atoms with Crippen molar-refractivity contribution in [3.05, 3.63) is 11.7 Å². The summed E-state index contributed by atoms with van der Waals surface area (Å²) >= 11 is 0. The summed E-state index contributed by atoms with van der Waals surface area (Å²) in [6.45, 7) is 0.886. The van der Waals surface area contributed by atoms with Crippen LogP contribution in [-0.2, 0) is 9.59 Å². The van der Waals surface area contributed by atoms with Crippen LogP contribution in [0.3, 0.4) is 0 Å². The first kappa shape index (κ1) is 21.3. The minimum Gasteiger partial charge on any atom is -0.394 e. The molecule has 0 saturated heterocycles. The number of aliphatic hydroxyl groups is 2. The van der Waals surface area contributed by atoms with E-state index in [1.165, 1.54) is 14.0 Å². The molecule has 0 aliphatic rings. The molecular weight excluding hydrogens is 350 g/mol. The highest BCUT2D eigenvalue weighted by atomic mass is 16.5. The lowest BCUT2D eigenvalue weighted by atomic mass is 10.1. The monoisotopic (exact) mass is 373 g/mol. The summed E-state index contributed by atoms with van der Waals surface area (Å²) in [6.07, 6.45) is -1.55. The van der Waals surface area contributed by atoms with Crippen LogP contribution in [0, 0.1) is 0 Å². The lowest BCUT2D eigenvalue weighted by molar-refractivity contribution is -0.124. The van der Waals surface area contributed by atoms with Gasteiger partial charge in [-0.15, -0.1) is 0 Å². The Balaban J connectivity index is 2.90. The van der Waals surface area contributed by atoms with Crippen molar-refractivity contribution in [3.8, 4) is 0 Å². The van der Waals surface area contributed by atoms with Gasteiger partial charge in [-0.3, -0.25) is 9.59 Å². The third kappa shape index (κ3) is 5.94. The smallest absolute Gasteiger partial charge is 0.316 e. The summed E-state index contributed by atoms with van der Waals surface area (Å²) in [4.78, 5) is 38.9. The van der Waals surface area contributed by atoms with Crippen molar-refractivity contribution in [2.75, 3.05) is 13.7 Å². The van der Waals surface area contributed by atoms with Crippen molar-refractivity contribution in [1.82, 2.24) is 26.1 Å². The van der Waals surface area contributed by atoms with Gasteiger partial charge in [0.1, 0.15) is 12.1 Å². The number of amides is 4. The molecule has 0 saturated carbocycles. The van der Waals surface area contributed by atoms with E-state index in [9.17, 15) is 19.5 Å². The fraction of sp³-hybridized carbons (Fsp3) is 0.615. The Hall–Kier alpha value is -2.77. The fourth-order valence-corrected chi connectivity index (χ4v) is 1.92. The molecule has 4 unspecified atom stereocenters. The molecule has 4 atom stereocenters. The highest BCUT2D eigenvalue weighted by Crippen LogP contribution is 2.16. The van der Waals surface area contributed by atoms with Gasteiger partial charge in [-0.25, -0.2) is 4.79 Å².